The molecule has 0 bridgehead atoms. The summed E-state index contributed by atoms with van der Waals surface area (Å²) in [5.74, 6) is 1.24. The molecule has 0 radical (unpaired) electrons. The van der Waals surface area contributed by atoms with Crippen LogP contribution in [0.25, 0.3) is 0 Å². The second-order valence-corrected chi connectivity index (χ2v) is 4.48. The highest BCUT2D eigenvalue weighted by Crippen LogP contribution is 2.23. The van der Waals surface area contributed by atoms with Gasteiger partial charge in [0.1, 0.15) is 0 Å². The van der Waals surface area contributed by atoms with Crippen molar-refractivity contribution in [2.45, 2.75) is 33.1 Å². The van der Waals surface area contributed by atoms with Gasteiger partial charge in [0.2, 0.25) is 0 Å². The Morgan fingerprint density at radius 1 is 1.29 bits per heavy atom. The summed E-state index contributed by atoms with van der Waals surface area (Å²) in [6.45, 7) is 7.38. The van der Waals surface area contributed by atoms with E-state index in [1.54, 1.807) is 0 Å². The Bertz CT molecular complexity index is 278. The number of nitrogens with two attached hydrogens (primary N) is 1. The maximum atomic E-state index is 5.80. The van der Waals surface area contributed by atoms with Gasteiger partial charge in [0.15, 0.2) is 0 Å². The Balaban J connectivity index is 2.78. The number of rotatable bonds is 4. The summed E-state index contributed by atoms with van der Waals surface area (Å²) < 4.78 is 0. The van der Waals surface area contributed by atoms with E-state index >= 15 is 0 Å². The molecule has 1 aromatic rings. The molecule has 1 heteroatoms. The predicted molar refractivity (Wildman–Crippen MR) is 62.4 cm³/mol. The van der Waals surface area contributed by atoms with Gasteiger partial charge in [-0.3, -0.25) is 0 Å². The molecule has 0 aliphatic carbocycles. The minimum atomic E-state index is 0.523. The summed E-state index contributed by atoms with van der Waals surface area (Å²) in [5.41, 5.74) is 8.52. The normalized spacial score (nSPS) is 13.2. The van der Waals surface area contributed by atoms with E-state index in [-0.39, 0.29) is 0 Å². The van der Waals surface area contributed by atoms with Gasteiger partial charge in [-0.1, -0.05) is 43.7 Å². The van der Waals surface area contributed by atoms with Crippen LogP contribution in [0.5, 0.6) is 0 Å². The van der Waals surface area contributed by atoms with E-state index in [1.807, 2.05) is 0 Å². The van der Waals surface area contributed by atoms with Crippen LogP contribution in [0.2, 0.25) is 0 Å². The molecule has 0 amide bonds. The van der Waals surface area contributed by atoms with Crippen LogP contribution in [-0.2, 0) is 0 Å². The van der Waals surface area contributed by atoms with Crippen molar-refractivity contribution in [3.8, 4) is 0 Å². The molecule has 1 aromatic carbocycles. The van der Waals surface area contributed by atoms with Gasteiger partial charge >= 0.3 is 0 Å². The second-order valence-electron chi connectivity index (χ2n) is 4.48. The van der Waals surface area contributed by atoms with Gasteiger partial charge in [0.25, 0.3) is 0 Å². The standard InChI is InChI=1S/C13H21N/c1-10(2)7-13(9-14)12-6-4-5-11(3)8-12/h4-6,8,10,13H,7,9,14H2,1-3H3. The lowest BCUT2D eigenvalue weighted by Gasteiger charge is -2.17. The summed E-state index contributed by atoms with van der Waals surface area (Å²) in [4.78, 5) is 0. The molecular formula is C13H21N. The lowest BCUT2D eigenvalue weighted by atomic mass is 9.90. The molecule has 0 fully saturated rings. The van der Waals surface area contributed by atoms with Crippen LogP contribution in [0.1, 0.15) is 37.3 Å². The van der Waals surface area contributed by atoms with Crippen molar-refractivity contribution >= 4 is 0 Å². The van der Waals surface area contributed by atoms with Crippen molar-refractivity contribution in [3.05, 3.63) is 35.4 Å². The first-order valence-electron chi connectivity index (χ1n) is 5.40. The third kappa shape index (κ3) is 3.15. The molecule has 14 heavy (non-hydrogen) atoms. The Morgan fingerprint density at radius 3 is 2.50 bits per heavy atom. The molecule has 0 aliphatic rings. The van der Waals surface area contributed by atoms with Gasteiger partial charge in [-0.25, -0.2) is 0 Å². The average molecular weight is 191 g/mol. The summed E-state index contributed by atoms with van der Waals surface area (Å²) >= 11 is 0. The summed E-state index contributed by atoms with van der Waals surface area (Å²) in [5, 5.41) is 0. The molecule has 0 saturated heterocycles. The fraction of sp³-hybridized carbons (Fsp3) is 0.538. The van der Waals surface area contributed by atoms with Gasteiger partial charge in [0.05, 0.1) is 0 Å². The third-order valence-corrected chi connectivity index (χ3v) is 2.55. The zero-order valence-electron chi connectivity index (χ0n) is 9.46. The fourth-order valence-corrected chi connectivity index (χ4v) is 1.86. The minimum absolute atomic E-state index is 0.523. The maximum Gasteiger partial charge on any atom is -0.000814 e. The third-order valence-electron chi connectivity index (χ3n) is 2.55. The number of benzene rings is 1. The lowest BCUT2D eigenvalue weighted by molar-refractivity contribution is 0.504. The highest BCUT2D eigenvalue weighted by molar-refractivity contribution is 5.25. The first kappa shape index (κ1) is 11.3. The molecule has 0 aliphatic heterocycles. The van der Waals surface area contributed by atoms with Crippen molar-refractivity contribution in [2.75, 3.05) is 6.54 Å². The Morgan fingerprint density at radius 2 is 2.00 bits per heavy atom. The van der Waals surface area contributed by atoms with E-state index in [2.05, 4.69) is 45.0 Å². The maximum absolute atomic E-state index is 5.80. The van der Waals surface area contributed by atoms with Gasteiger partial charge in [-0.2, -0.15) is 0 Å². The Hall–Kier alpha value is -0.820. The topological polar surface area (TPSA) is 26.0 Å². The van der Waals surface area contributed by atoms with Crippen LogP contribution in [0.15, 0.2) is 24.3 Å². The molecule has 1 nitrogen and oxygen atoms in total. The lowest BCUT2D eigenvalue weighted by Crippen LogP contribution is -2.14. The summed E-state index contributed by atoms with van der Waals surface area (Å²) in [6.07, 6.45) is 1.18. The molecule has 0 saturated carbocycles. The van der Waals surface area contributed by atoms with E-state index < -0.39 is 0 Å². The summed E-state index contributed by atoms with van der Waals surface area (Å²) in [6, 6.07) is 8.69. The molecule has 2 N–H and O–H groups in total. The molecule has 0 spiro atoms. The van der Waals surface area contributed by atoms with Crippen molar-refractivity contribution in [1.82, 2.24) is 0 Å². The van der Waals surface area contributed by atoms with Crippen molar-refractivity contribution in [1.29, 1.82) is 0 Å². The van der Waals surface area contributed by atoms with Crippen LogP contribution in [0.4, 0.5) is 0 Å². The molecule has 1 unspecified atom stereocenters. The van der Waals surface area contributed by atoms with E-state index in [9.17, 15) is 0 Å². The van der Waals surface area contributed by atoms with Crippen LogP contribution < -0.4 is 5.73 Å². The molecule has 0 aromatic heterocycles. The van der Waals surface area contributed by atoms with Crippen LogP contribution >= 0.6 is 0 Å². The molecule has 78 valence electrons. The zero-order chi connectivity index (χ0) is 10.6. The highest BCUT2D eigenvalue weighted by Gasteiger charge is 2.11. The quantitative estimate of drug-likeness (QED) is 0.777. The second kappa shape index (κ2) is 5.16. The van der Waals surface area contributed by atoms with E-state index in [0.29, 0.717) is 11.8 Å². The number of aryl methyl sites for hydroxylation is 1. The van der Waals surface area contributed by atoms with E-state index in [0.717, 1.165) is 6.54 Å². The largest absolute Gasteiger partial charge is 0.330 e. The number of hydrogen-bond acceptors (Lipinski definition) is 1. The van der Waals surface area contributed by atoms with E-state index in [1.165, 1.54) is 17.5 Å². The Labute approximate surface area is 87.3 Å². The first-order valence-corrected chi connectivity index (χ1v) is 5.40. The van der Waals surface area contributed by atoms with Gasteiger partial charge < -0.3 is 5.73 Å². The molecule has 1 atom stereocenters. The zero-order valence-corrected chi connectivity index (χ0v) is 9.46. The fourth-order valence-electron chi connectivity index (χ4n) is 1.86. The molecule has 1 rings (SSSR count). The van der Waals surface area contributed by atoms with E-state index in [4.69, 9.17) is 5.73 Å². The molecule has 0 heterocycles. The van der Waals surface area contributed by atoms with Crippen LogP contribution in [0.3, 0.4) is 0 Å². The smallest absolute Gasteiger partial charge is 0.000814 e. The minimum Gasteiger partial charge on any atom is -0.330 e. The summed E-state index contributed by atoms with van der Waals surface area (Å²) in [7, 11) is 0. The first-order chi connectivity index (χ1) is 6.63. The van der Waals surface area contributed by atoms with Gasteiger partial charge in [-0.05, 0) is 37.3 Å². The van der Waals surface area contributed by atoms with Crippen molar-refractivity contribution < 1.29 is 0 Å². The van der Waals surface area contributed by atoms with Crippen molar-refractivity contribution in [3.63, 3.8) is 0 Å². The monoisotopic (exact) mass is 191 g/mol. The van der Waals surface area contributed by atoms with Gasteiger partial charge in [0, 0.05) is 0 Å². The van der Waals surface area contributed by atoms with Gasteiger partial charge in [-0.15, -0.1) is 0 Å². The SMILES string of the molecule is Cc1cccc(C(CN)CC(C)C)c1. The molecular weight excluding hydrogens is 170 g/mol. The van der Waals surface area contributed by atoms with Crippen molar-refractivity contribution in [2.24, 2.45) is 11.7 Å². The number of hydrogen-bond donors (Lipinski definition) is 1. The van der Waals surface area contributed by atoms with Crippen LogP contribution in [0, 0.1) is 12.8 Å². The van der Waals surface area contributed by atoms with Crippen LogP contribution in [-0.4, -0.2) is 6.54 Å². The highest BCUT2D eigenvalue weighted by atomic mass is 14.5. The predicted octanol–water partition coefficient (Wildman–Crippen LogP) is 3.08. The Kier molecular flexibility index (Phi) is 4.15. The average Bonchev–Trinajstić information content (AvgIpc) is 2.14.